The second kappa shape index (κ2) is 8.31. The number of nitrogens with one attached hydrogen (secondary N) is 1. The number of nitrogens with zero attached hydrogens (tertiary/aromatic N) is 4. The first kappa shape index (κ1) is 20.6. The van der Waals surface area contributed by atoms with Crippen LogP contribution >= 0.6 is 11.3 Å². The Bertz CT molecular complexity index is 1390. The molecule has 0 radical (unpaired) electrons. The van der Waals surface area contributed by atoms with Gasteiger partial charge in [-0.15, -0.1) is 11.3 Å². The minimum atomic E-state index is -0.449. The van der Waals surface area contributed by atoms with Gasteiger partial charge in [0, 0.05) is 10.9 Å². The Balaban J connectivity index is 1.43. The zero-order valence-corrected chi connectivity index (χ0v) is 18.4. The van der Waals surface area contributed by atoms with E-state index >= 15 is 0 Å². The number of anilines is 1. The van der Waals surface area contributed by atoms with Crippen LogP contribution in [-0.4, -0.2) is 25.2 Å². The Morgan fingerprint density at radius 3 is 2.88 bits per heavy atom. The van der Waals surface area contributed by atoms with E-state index in [-0.39, 0.29) is 17.8 Å². The van der Waals surface area contributed by atoms with Crippen molar-refractivity contribution in [3.05, 3.63) is 69.0 Å². The predicted octanol–water partition coefficient (Wildman–Crippen LogP) is 4.00. The molecule has 0 fully saturated rings. The molecule has 5 rings (SSSR count). The molecular formula is C23H22FN5O2S. The molecule has 164 valence electrons. The lowest BCUT2D eigenvalue weighted by atomic mass is 10.1. The number of amides is 1. The lowest BCUT2D eigenvalue weighted by Crippen LogP contribution is -2.28. The predicted molar refractivity (Wildman–Crippen MR) is 122 cm³/mol. The van der Waals surface area contributed by atoms with E-state index < -0.39 is 11.7 Å². The van der Waals surface area contributed by atoms with Crippen molar-refractivity contribution in [1.82, 2.24) is 19.3 Å². The quantitative estimate of drug-likeness (QED) is 0.476. The molecular weight excluding hydrogens is 429 g/mol. The summed E-state index contributed by atoms with van der Waals surface area (Å²) in [4.78, 5) is 32.4. The van der Waals surface area contributed by atoms with Crippen LogP contribution in [0.15, 0.2) is 41.5 Å². The van der Waals surface area contributed by atoms with E-state index in [1.807, 2.05) is 0 Å². The van der Waals surface area contributed by atoms with Gasteiger partial charge in [-0.25, -0.2) is 14.1 Å². The number of benzene rings is 1. The summed E-state index contributed by atoms with van der Waals surface area (Å²) in [5, 5.41) is 7.70. The Kier molecular flexibility index (Phi) is 5.34. The average Bonchev–Trinajstić information content (AvgIpc) is 3.21. The molecule has 3 aromatic heterocycles. The first-order valence-corrected chi connectivity index (χ1v) is 11.4. The molecule has 0 atom stereocenters. The van der Waals surface area contributed by atoms with Gasteiger partial charge in [-0.1, -0.05) is 18.6 Å². The molecule has 0 saturated heterocycles. The molecule has 1 aliphatic carbocycles. The van der Waals surface area contributed by atoms with Gasteiger partial charge in [-0.2, -0.15) is 5.10 Å². The maximum Gasteiger partial charge on any atom is 0.262 e. The molecule has 9 heteroatoms. The summed E-state index contributed by atoms with van der Waals surface area (Å²) in [5.74, 6) is -0.522. The molecule has 1 aliphatic rings. The number of aromatic nitrogens is 4. The minimum Gasteiger partial charge on any atom is -0.309 e. The van der Waals surface area contributed by atoms with Crippen molar-refractivity contribution in [3.8, 4) is 5.69 Å². The highest BCUT2D eigenvalue weighted by Crippen LogP contribution is 2.32. The van der Waals surface area contributed by atoms with E-state index in [0.717, 1.165) is 42.5 Å². The number of hydrogen-bond acceptors (Lipinski definition) is 5. The molecule has 0 unspecified atom stereocenters. The Morgan fingerprint density at radius 1 is 1.22 bits per heavy atom. The number of halogens is 1. The molecule has 0 bridgehead atoms. The van der Waals surface area contributed by atoms with Gasteiger partial charge >= 0.3 is 0 Å². The largest absolute Gasteiger partial charge is 0.309 e. The molecule has 1 amide bonds. The number of hydrogen-bond donors (Lipinski definition) is 1. The maximum absolute atomic E-state index is 14.3. The fourth-order valence-corrected chi connectivity index (χ4v) is 5.42. The first-order valence-electron chi connectivity index (χ1n) is 10.6. The van der Waals surface area contributed by atoms with Crippen LogP contribution in [-0.2, 0) is 24.2 Å². The summed E-state index contributed by atoms with van der Waals surface area (Å²) in [6, 6.07) is 7.87. The number of carbonyl (C=O) groups is 1. The molecule has 4 aromatic rings. The van der Waals surface area contributed by atoms with Gasteiger partial charge in [0.1, 0.15) is 28.7 Å². The van der Waals surface area contributed by atoms with E-state index in [4.69, 9.17) is 0 Å². The van der Waals surface area contributed by atoms with Crippen molar-refractivity contribution in [2.45, 2.75) is 45.6 Å². The lowest BCUT2D eigenvalue weighted by molar-refractivity contribution is -0.116. The van der Waals surface area contributed by atoms with Gasteiger partial charge in [0.25, 0.3) is 5.56 Å². The van der Waals surface area contributed by atoms with Gasteiger partial charge in [0.15, 0.2) is 0 Å². The Morgan fingerprint density at radius 2 is 2.03 bits per heavy atom. The molecule has 1 aromatic carbocycles. The summed E-state index contributed by atoms with van der Waals surface area (Å²) < 4.78 is 17.0. The van der Waals surface area contributed by atoms with E-state index in [0.29, 0.717) is 16.9 Å². The van der Waals surface area contributed by atoms with Crippen LogP contribution in [0.3, 0.4) is 0 Å². The number of aryl methyl sites for hydroxylation is 3. The minimum absolute atomic E-state index is 0.187. The summed E-state index contributed by atoms with van der Waals surface area (Å²) in [6.07, 6.45) is 6.64. The van der Waals surface area contributed by atoms with Crippen molar-refractivity contribution in [3.63, 3.8) is 0 Å². The van der Waals surface area contributed by atoms with E-state index in [2.05, 4.69) is 15.4 Å². The molecule has 1 N–H and O–H groups in total. The molecule has 0 aliphatic heterocycles. The van der Waals surface area contributed by atoms with Crippen LogP contribution in [0.2, 0.25) is 0 Å². The van der Waals surface area contributed by atoms with E-state index in [9.17, 15) is 14.0 Å². The normalized spacial score (nSPS) is 13.7. The zero-order valence-electron chi connectivity index (χ0n) is 17.6. The zero-order chi connectivity index (χ0) is 22.2. The Labute approximate surface area is 187 Å². The third-order valence-electron chi connectivity index (χ3n) is 5.69. The molecule has 0 spiro atoms. The maximum atomic E-state index is 14.3. The molecule has 7 nitrogen and oxygen atoms in total. The van der Waals surface area contributed by atoms with Crippen molar-refractivity contribution >= 4 is 33.3 Å². The molecule has 32 heavy (non-hydrogen) atoms. The fourth-order valence-electron chi connectivity index (χ4n) is 4.20. The highest BCUT2D eigenvalue weighted by Gasteiger charge is 2.20. The van der Waals surface area contributed by atoms with Gasteiger partial charge in [-0.05, 0) is 50.3 Å². The van der Waals surface area contributed by atoms with Crippen LogP contribution in [0.1, 0.15) is 35.4 Å². The number of para-hydroxylation sites is 1. The SMILES string of the molecule is Cc1cc(NC(=O)Cn2cnc3sc4c(c3c2=O)CCCCC4)n(-c2ccccc2F)n1. The topological polar surface area (TPSA) is 81.8 Å². The van der Waals surface area contributed by atoms with Gasteiger partial charge in [-0.3, -0.25) is 14.2 Å². The number of rotatable bonds is 4. The van der Waals surface area contributed by atoms with Crippen LogP contribution in [0.25, 0.3) is 15.9 Å². The smallest absolute Gasteiger partial charge is 0.262 e. The summed E-state index contributed by atoms with van der Waals surface area (Å²) in [5.41, 5.74) is 1.77. The van der Waals surface area contributed by atoms with E-state index in [1.54, 1.807) is 42.5 Å². The lowest BCUT2D eigenvalue weighted by Gasteiger charge is -2.10. The van der Waals surface area contributed by atoms with Crippen LogP contribution in [0.5, 0.6) is 0 Å². The summed E-state index contributed by atoms with van der Waals surface area (Å²) >= 11 is 1.59. The van der Waals surface area contributed by atoms with Gasteiger partial charge in [0.05, 0.1) is 17.4 Å². The third-order valence-corrected chi connectivity index (χ3v) is 6.89. The monoisotopic (exact) mass is 451 g/mol. The van der Waals surface area contributed by atoms with Crippen molar-refractivity contribution in [1.29, 1.82) is 0 Å². The van der Waals surface area contributed by atoms with Crippen LogP contribution in [0, 0.1) is 12.7 Å². The Hall–Kier alpha value is -3.33. The van der Waals surface area contributed by atoms with Crippen molar-refractivity contribution in [2.75, 3.05) is 5.32 Å². The number of thiophene rings is 1. The second-order valence-electron chi connectivity index (χ2n) is 8.00. The second-order valence-corrected chi connectivity index (χ2v) is 9.09. The van der Waals surface area contributed by atoms with Crippen molar-refractivity contribution in [2.24, 2.45) is 0 Å². The van der Waals surface area contributed by atoms with Crippen molar-refractivity contribution < 1.29 is 9.18 Å². The fraction of sp³-hybridized carbons (Fsp3) is 0.304. The number of carbonyl (C=O) groups excluding carboxylic acids is 1. The first-order chi connectivity index (χ1) is 15.5. The standard InChI is InChI=1S/C23H22FN5O2S/c1-14-11-19(29(27-14)17-9-6-5-8-16(17)24)26-20(30)12-28-13-25-22-21(23(28)31)15-7-3-2-4-10-18(15)32-22/h5-6,8-9,11,13H,2-4,7,10,12H2,1H3,(H,26,30). The highest BCUT2D eigenvalue weighted by molar-refractivity contribution is 7.18. The highest BCUT2D eigenvalue weighted by atomic mass is 32.1. The third kappa shape index (κ3) is 3.73. The summed E-state index contributed by atoms with van der Waals surface area (Å²) in [7, 11) is 0. The van der Waals surface area contributed by atoms with Gasteiger partial charge in [0.2, 0.25) is 5.91 Å². The average molecular weight is 452 g/mol. The van der Waals surface area contributed by atoms with Crippen LogP contribution in [0.4, 0.5) is 10.2 Å². The molecule has 3 heterocycles. The van der Waals surface area contributed by atoms with Crippen LogP contribution < -0.4 is 10.9 Å². The van der Waals surface area contributed by atoms with Gasteiger partial charge < -0.3 is 5.32 Å². The molecule has 0 saturated carbocycles. The van der Waals surface area contributed by atoms with E-state index in [1.165, 1.54) is 26.5 Å². The summed E-state index contributed by atoms with van der Waals surface area (Å²) in [6.45, 7) is 1.57. The number of fused-ring (bicyclic) bond motifs is 3.